The smallest absolute Gasteiger partial charge is 0.419 e. The van der Waals surface area contributed by atoms with Gasteiger partial charge in [-0.05, 0) is 19.4 Å². The summed E-state index contributed by atoms with van der Waals surface area (Å²) in [6, 6.07) is 3.39. The van der Waals surface area contributed by atoms with Crippen molar-refractivity contribution in [3.8, 4) is 11.8 Å². The van der Waals surface area contributed by atoms with Gasteiger partial charge in [-0.25, -0.2) is 4.98 Å². The molecule has 26 heavy (non-hydrogen) atoms. The van der Waals surface area contributed by atoms with Crippen LogP contribution in [-0.4, -0.2) is 42.9 Å². The van der Waals surface area contributed by atoms with E-state index in [0.29, 0.717) is 12.8 Å². The van der Waals surface area contributed by atoms with E-state index in [2.05, 4.69) is 15.3 Å². The lowest BCUT2D eigenvalue weighted by Crippen LogP contribution is -2.41. The SMILES string of the molecule is N#Cc1ncc(N2C=C(C(F)(F)F)C=NC2N)cc1OC1CCCNC1. The number of aliphatic imine (C=N–C) groups is 1. The van der Waals surface area contributed by atoms with Gasteiger partial charge in [-0.1, -0.05) is 0 Å². The van der Waals surface area contributed by atoms with Crippen molar-refractivity contribution < 1.29 is 17.9 Å². The van der Waals surface area contributed by atoms with Crippen molar-refractivity contribution in [1.29, 1.82) is 5.26 Å². The van der Waals surface area contributed by atoms with Crippen LogP contribution >= 0.6 is 0 Å². The number of halogens is 3. The van der Waals surface area contributed by atoms with Crippen molar-refractivity contribution in [3.05, 3.63) is 29.7 Å². The first-order valence-electron chi connectivity index (χ1n) is 8.02. The largest absolute Gasteiger partial charge is 0.486 e. The van der Waals surface area contributed by atoms with Gasteiger partial charge in [0.25, 0.3) is 0 Å². The lowest BCUT2D eigenvalue weighted by Gasteiger charge is -2.29. The number of anilines is 1. The molecule has 3 rings (SSSR count). The molecular formula is C16H17F3N6O. The minimum atomic E-state index is -4.55. The molecule has 1 fully saturated rings. The van der Waals surface area contributed by atoms with Crippen molar-refractivity contribution in [3.63, 3.8) is 0 Å². The number of nitrogens with one attached hydrogen (secondary N) is 1. The molecule has 2 unspecified atom stereocenters. The molecule has 0 aromatic carbocycles. The Morgan fingerprint density at radius 1 is 1.42 bits per heavy atom. The Labute approximate surface area is 148 Å². The first kappa shape index (κ1) is 18.2. The van der Waals surface area contributed by atoms with Crippen molar-refractivity contribution in [2.75, 3.05) is 18.0 Å². The number of piperidine rings is 1. The summed E-state index contributed by atoms with van der Waals surface area (Å²) in [5, 5.41) is 12.4. The van der Waals surface area contributed by atoms with E-state index in [0.717, 1.165) is 30.5 Å². The highest BCUT2D eigenvalue weighted by molar-refractivity contribution is 5.83. The van der Waals surface area contributed by atoms with Crippen LogP contribution in [0.1, 0.15) is 18.5 Å². The summed E-state index contributed by atoms with van der Waals surface area (Å²) in [4.78, 5) is 8.81. The van der Waals surface area contributed by atoms with Crippen molar-refractivity contribution >= 4 is 11.9 Å². The number of rotatable bonds is 3. The number of ether oxygens (including phenoxy) is 1. The Morgan fingerprint density at radius 3 is 2.88 bits per heavy atom. The molecule has 0 bridgehead atoms. The molecular weight excluding hydrogens is 349 g/mol. The summed E-state index contributed by atoms with van der Waals surface area (Å²) < 4.78 is 44.7. The maximum absolute atomic E-state index is 12.9. The third kappa shape index (κ3) is 3.95. The fourth-order valence-corrected chi connectivity index (χ4v) is 2.71. The van der Waals surface area contributed by atoms with E-state index in [4.69, 9.17) is 10.5 Å². The van der Waals surface area contributed by atoms with Crippen LogP contribution < -0.4 is 20.7 Å². The van der Waals surface area contributed by atoms with Crippen LogP contribution in [-0.2, 0) is 0 Å². The Hall–Kier alpha value is -2.64. The molecule has 2 aliphatic heterocycles. The zero-order chi connectivity index (χ0) is 18.7. The fraction of sp³-hybridized carbons (Fsp3) is 0.438. The second-order valence-electron chi connectivity index (χ2n) is 5.92. The van der Waals surface area contributed by atoms with E-state index >= 15 is 0 Å². The van der Waals surface area contributed by atoms with E-state index in [1.54, 1.807) is 0 Å². The molecule has 1 aromatic rings. The van der Waals surface area contributed by atoms with Crippen molar-refractivity contribution in [2.45, 2.75) is 31.4 Å². The van der Waals surface area contributed by atoms with Gasteiger partial charge in [0.2, 0.25) is 0 Å². The quantitative estimate of drug-likeness (QED) is 0.844. The molecule has 0 radical (unpaired) electrons. The Bertz CT molecular complexity index is 764. The summed E-state index contributed by atoms with van der Waals surface area (Å²) in [6.07, 6.45) is -1.13. The monoisotopic (exact) mass is 366 g/mol. The second kappa shape index (κ2) is 7.31. The molecule has 0 amide bonds. The molecule has 3 heterocycles. The van der Waals surface area contributed by atoms with Gasteiger partial charge in [-0.2, -0.15) is 18.4 Å². The molecule has 138 valence electrons. The number of nitrogens with two attached hydrogens (primary N) is 1. The van der Waals surface area contributed by atoms with Crippen LogP contribution in [0.5, 0.6) is 5.75 Å². The molecule has 7 nitrogen and oxygen atoms in total. The first-order valence-corrected chi connectivity index (χ1v) is 8.02. The summed E-state index contributed by atoms with van der Waals surface area (Å²) in [5.41, 5.74) is 5.19. The van der Waals surface area contributed by atoms with E-state index < -0.39 is 18.0 Å². The Kier molecular flexibility index (Phi) is 5.11. The number of pyridine rings is 1. The van der Waals surface area contributed by atoms with Crippen molar-refractivity contribution in [1.82, 2.24) is 10.3 Å². The van der Waals surface area contributed by atoms with Gasteiger partial charge >= 0.3 is 6.18 Å². The van der Waals surface area contributed by atoms with Gasteiger partial charge in [0.05, 0.1) is 17.5 Å². The first-order chi connectivity index (χ1) is 12.4. The zero-order valence-corrected chi connectivity index (χ0v) is 13.7. The zero-order valence-electron chi connectivity index (χ0n) is 13.7. The number of nitriles is 1. The number of aromatic nitrogens is 1. The molecule has 10 heteroatoms. The number of alkyl halides is 3. The van der Waals surface area contributed by atoms with Gasteiger partial charge < -0.3 is 15.0 Å². The van der Waals surface area contributed by atoms with Crippen LogP contribution in [0.2, 0.25) is 0 Å². The van der Waals surface area contributed by atoms with Crippen LogP contribution in [0.4, 0.5) is 18.9 Å². The lowest BCUT2D eigenvalue weighted by molar-refractivity contribution is -0.0860. The second-order valence-corrected chi connectivity index (χ2v) is 5.92. The molecule has 2 aliphatic rings. The maximum atomic E-state index is 12.9. The van der Waals surface area contributed by atoms with Gasteiger partial charge in [0, 0.05) is 25.0 Å². The van der Waals surface area contributed by atoms with Gasteiger partial charge in [0.1, 0.15) is 12.2 Å². The summed E-state index contributed by atoms with van der Waals surface area (Å²) in [6.45, 7) is 1.52. The van der Waals surface area contributed by atoms with E-state index in [1.807, 2.05) is 6.07 Å². The van der Waals surface area contributed by atoms with Crippen LogP contribution in [0.25, 0.3) is 0 Å². The Balaban J connectivity index is 1.90. The molecule has 1 saturated heterocycles. The fourth-order valence-electron chi connectivity index (χ4n) is 2.71. The molecule has 1 aromatic heterocycles. The van der Waals surface area contributed by atoms with Gasteiger partial charge in [-0.15, -0.1) is 0 Å². The standard InChI is InChI=1S/C16H17F3N6O/c17-16(18,19)10-6-24-15(21)25(9-10)11-4-14(13(5-20)23-7-11)26-12-2-1-3-22-8-12/h4,6-7,9,12,15,22H,1-3,8,21H2. The molecule has 2 atom stereocenters. The number of hydrogen-bond acceptors (Lipinski definition) is 7. The summed E-state index contributed by atoms with van der Waals surface area (Å²) in [5.74, 6) is 0.211. The highest BCUT2D eigenvalue weighted by atomic mass is 19.4. The predicted molar refractivity (Wildman–Crippen MR) is 88.6 cm³/mol. The van der Waals surface area contributed by atoms with Crippen LogP contribution in [0.15, 0.2) is 29.0 Å². The average Bonchev–Trinajstić information content (AvgIpc) is 2.62. The van der Waals surface area contributed by atoms with Crippen LogP contribution in [0.3, 0.4) is 0 Å². The predicted octanol–water partition coefficient (Wildman–Crippen LogP) is 1.66. The highest BCUT2D eigenvalue weighted by Gasteiger charge is 2.35. The van der Waals surface area contributed by atoms with Gasteiger partial charge in [0.15, 0.2) is 17.7 Å². The van der Waals surface area contributed by atoms with Gasteiger partial charge in [-0.3, -0.25) is 10.7 Å². The molecule has 0 aliphatic carbocycles. The molecule has 0 spiro atoms. The third-order valence-corrected chi connectivity index (χ3v) is 4.04. The summed E-state index contributed by atoms with van der Waals surface area (Å²) in [7, 11) is 0. The average molecular weight is 366 g/mol. The van der Waals surface area contributed by atoms with Crippen LogP contribution in [0, 0.1) is 11.3 Å². The third-order valence-electron chi connectivity index (χ3n) is 4.04. The highest BCUT2D eigenvalue weighted by Crippen LogP contribution is 2.31. The number of nitrogens with zero attached hydrogens (tertiary/aromatic N) is 4. The van der Waals surface area contributed by atoms with E-state index in [-0.39, 0.29) is 23.2 Å². The summed E-state index contributed by atoms with van der Waals surface area (Å²) >= 11 is 0. The minimum Gasteiger partial charge on any atom is -0.486 e. The molecule has 3 N–H and O–H groups in total. The van der Waals surface area contributed by atoms with Crippen molar-refractivity contribution in [2.24, 2.45) is 10.7 Å². The lowest BCUT2D eigenvalue weighted by atomic mass is 10.1. The maximum Gasteiger partial charge on any atom is 0.419 e. The van der Waals surface area contributed by atoms with E-state index in [9.17, 15) is 18.4 Å². The topological polar surface area (TPSA) is 99.6 Å². The van der Waals surface area contributed by atoms with E-state index in [1.165, 1.54) is 12.3 Å². The number of allylic oxidation sites excluding steroid dienone is 1. The minimum absolute atomic E-state index is 0.0634. The number of hydrogen-bond donors (Lipinski definition) is 2. The normalized spacial score (nSPS) is 23.3. The molecule has 0 saturated carbocycles. The Morgan fingerprint density at radius 2 is 2.23 bits per heavy atom.